The molecule has 0 saturated heterocycles. The molecule has 0 aromatic carbocycles. The van der Waals surface area contributed by atoms with E-state index in [9.17, 15) is 9.59 Å². The van der Waals surface area contributed by atoms with Crippen LogP contribution in [0, 0.1) is 6.92 Å². The summed E-state index contributed by atoms with van der Waals surface area (Å²) in [6.45, 7) is 1.41. The fraction of sp³-hybridized carbons (Fsp3) is 0.500. The minimum absolute atomic E-state index is 0.0351. The molecular weight excluding hydrogens is 202 g/mol. The molecular formula is C8H11N3O4. The average Bonchev–Trinajstić information content (AvgIpc) is 2.44. The normalized spacial score (nSPS) is 10.2. The zero-order chi connectivity index (χ0) is 11.4. The van der Waals surface area contributed by atoms with E-state index in [0.717, 1.165) is 0 Å². The second-order valence-electron chi connectivity index (χ2n) is 3.07. The third-order valence-corrected chi connectivity index (χ3v) is 1.94. The van der Waals surface area contributed by atoms with Crippen molar-refractivity contribution in [1.29, 1.82) is 0 Å². The van der Waals surface area contributed by atoms with Crippen LogP contribution >= 0.6 is 0 Å². The van der Waals surface area contributed by atoms with E-state index < -0.39 is 11.9 Å². The second kappa shape index (κ2) is 4.54. The van der Waals surface area contributed by atoms with Crippen LogP contribution in [0.15, 0.2) is 0 Å². The summed E-state index contributed by atoms with van der Waals surface area (Å²) in [7, 11) is 0. The summed E-state index contributed by atoms with van der Waals surface area (Å²) in [6, 6.07) is 0. The molecule has 7 nitrogen and oxygen atoms in total. The fourth-order valence-electron chi connectivity index (χ4n) is 1.13. The van der Waals surface area contributed by atoms with Crippen molar-refractivity contribution in [3.8, 4) is 0 Å². The van der Waals surface area contributed by atoms with Crippen LogP contribution in [0.4, 0.5) is 0 Å². The van der Waals surface area contributed by atoms with Gasteiger partial charge >= 0.3 is 11.9 Å². The van der Waals surface area contributed by atoms with Gasteiger partial charge in [-0.05, 0) is 6.92 Å². The first-order valence-electron chi connectivity index (χ1n) is 4.33. The van der Waals surface area contributed by atoms with Crippen LogP contribution in [0.1, 0.15) is 17.8 Å². The second-order valence-corrected chi connectivity index (χ2v) is 3.07. The van der Waals surface area contributed by atoms with Gasteiger partial charge in [-0.2, -0.15) is 0 Å². The summed E-state index contributed by atoms with van der Waals surface area (Å²) in [5.41, 5.74) is 1.12. The molecule has 0 fully saturated rings. The van der Waals surface area contributed by atoms with Gasteiger partial charge in [-0.15, -0.1) is 5.10 Å². The maximum atomic E-state index is 10.4. The predicted octanol–water partition coefficient (Wildman–Crippen LogP) is -0.312. The summed E-state index contributed by atoms with van der Waals surface area (Å²) in [6.07, 6.45) is 0.230. The van der Waals surface area contributed by atoms with Gasteiger partial charge in [0.25, 0.3) is 0 Å². The molecule has 0 aliphatic heterocycles. The minimum atomic E-state index is -1.01. The van der Waals surface area contributed by atoms with Gasteiger partial charge in [0.1, 0.15) is 6.54 Å². The molecule has 1 rings (SSSR count). The van der Waals surface area contributed by atoms with E-state index in [1.165, 1.54) is 4.68 Å². The molecule has 0 atom stereocenters. The Kier molecular flexibility index (Phi) is 3.37. The topological polar surface area (TPSA) is 105 Å². The van der Waals surface area contributed by atoms with Crippen LogP contribution in [-0.4, -0.2) is 37.1 Å². The van der Waals surface area contributed by atoms with Crippen LogP contribution < -0.4 is 0 Å². The Bertz CT molecular complexity index is 385. The minimum Gasteiger partial charge on any atom is -0.481 e. The smallest absolute Gasteiger partial charge is 0.325 e. The van der Waals surface area contributed by atoms with Crippen LogP contribution in [-0.2, 0) is 22.6 Å². The molecule has 0 unspecified atom stereocenters. The van der Waals surface area contributed by atoms with Crippen molar-refractivity contribution in [2.45, 2.75) is 26.3 Å². The van der Waals surface area contributed by atoms with Gasteiger partial charge in [0.05, 0.1) is 17.8 Å². The Balaban J connectivity index is 2.70. The quantitative estimate of drug-likeness (QED) is 0.694. The molecule has 1 aromatic heterocycles. The van der Waals surface area contributed by atoms with Gasteiger partial charge in [0.15, 0.2) is 0 Å². The Morgan fingerprint density at radius 2 is 2.00 bits per heavy atom. The fourth-order valence-corrected chi connectivity index (χ4v) is 1.13. The van der Waals surface area contributed by atoms with Crippen LogP contribution in [0.3, 0.4) is 0 Å². The number of hydrogen-bond acceptors (Lipinski definition) is 4. The molecule has 82 valence electrons. The number of rotatable bonds is 5. The maximum Gasteiger partial charge on any atom is 0.325 e. The largest absolute Gasteiger partial charge is 0.481 e. The van der Waals surface area contributed by atoms with Crippen LogP contribution in [0.5, 0.6) is 0 Å². The summed E-state index contributed by atoms with van der Waals surface area (Å²) in [5.74, 6) is -1.92. The molecule has 0 amide bonds. The van der Waals surface area contributed by atoms with E-state index in [0.29, 0.717) is 11.4 Å². The lowest BCUT2D eigenvalue weighted by molar-refractivity contribution is -0.138. The maximum absolute atomic E-state index is 10.4. The van der Waals surface area contributed by atoms with E-state index in [-0.39, 0.29) is 19.4 Å². The number of carboxylic acid groups (broad SMARTS) is 2. The zero-order valence-electron chi connectivity index (χ0n) is 8.17. The molecule has 0 bridgehead atoms. The van der Waals surface area contributed by atoms with Crippen molar-refractivity contribution in [3.05, 3.63) is 11.4 Å². The molecule has 0 spiro atoms. The highest BCUT2D eigenvalue weighted by atomic mass is 16.4. The lowest BCUT2D eigenvalue weighted by atomic mass is 10.2. The van der Waals surface area contributed by atoms with Gasteiger partial charge in [-0.1, -0.05) is 5.21 Å². The van der Waals surface area contributed by atoms with Gasteiger partial charge in [-0.25, -0.2) is 4.68 Å². The molecule has 0 aliphatic carbocycles. The van der Waals surface area contributed by atoms with Gasteiger partial charge < -0.3 is 10.2 Å². The Morgan fingerprint density at radius 1 is 1.33 bits per heavy atom. The van der Waals surface area contributed by atoms with Crippen molar-refractivity contribution in [2.24, 2.45) is 0 Å². The molecule has 15 heavy (non-hydrogen) atoms. The Hall–Kier alpha value is -1.92. The third-order valence-electron chi connectivity index (χ3n) is 1.94. The van der Waals surface area contributed by atoms with Crippen molar-refractivity contribution in [2.75, 3.05) is 0 Å². The average molecular weight is 213 g/mol. The standard InChI is InChI=1S/C8H11N3O4/c1-5-6(2-3-7(12)13)9-10-11(5)4-8(14)15/h2-4H2,1H3,(H,12,13)(H,14,15). The van der Waals surface area contributed by atoms with Gasteiger partial charge in [0.2, 0.25) is 0 Å². The van der Waals surface area contributed by atoms with E-state index in [2.05, 4.69) is 10.3 Å². The first-order valence-corrected chi connectivity index (χ1v) is 4.33. The number of aryl methyl sites for hydroxylation is 1. The number of aromatic nitrogens is 3. The molecule has 1 heterocycles. The van der Waals surface area contributed by atoms with Crippen molar-refractivity contribution in [1.82, 2.24) is 15.0 Å². The lowest BCUT2D eigenvalue weighted by Gasteiger charge is -1.98. The monoisotopic (exact) mass is 213 g/mol. The van der Waals surface area contributed by atoms with Crippen LogP contribution in [0.25, 0.3) is 0 Å². The van der Waals surface area contributed by atoms with Crippen molar-refractivity contribution >= 4 is 11.9 Å². The van der Waals surface area contributed by atoms with Gasteiger partial charge in [-0.3, -0.25) is 9.59 Å². The zero-order valence-corrected chi connectivity index (χ0v) is 8.17. The van der Waals surface area contributed by atoms with Crippen LogP contribution in [0.2, 0.25) is 0 Å². The molecule has 0 aliphatic rings. The van der Waals surface area contributed by atoms with E-state index in [1.54, 1.807) is 6.92 Å². The van der Waals surface area contributed by atoms with E-state index in [4.69, 9.17) is 10.2 Å². The highest BCUT2D eigenvalue weighted by Gasteiger charge is 2.11. The summed E-state index contributed by atoms with van der Waals surface area (Å²) in [4.78, 5) is 20.7. The predicted molar refractivity (Wildman–Crippen MR) is 48.4 cm³/mol. The number of nitrogens with zero attached hydrogens (tertiary/aromatic N) is 3. The summed E-state index contributed by atoms with van der Waals surface area (Å²) in [5, 5.41) is 24.4. The van der Waals surface area contributed by atoms with Crippen molar-refractivity contribution < 1.29 is 19.8 Å². The molecule has 0 saturated carbocycles. The first-order chi connectivity index (χ1) is 7.00. The molecule has 2 N–H and O–H groups in total. The SMILES string of the molecule is Cc1c(CCC(=O)O)nnn1CC(=O)O. The molecule has 0 radical (unpaired) electrons. The number of carboxylic acids is 2. The lowest BCUT2D eigenvalue weighted by Crippen LogP contribution is -2.11. The van der Waals surface area contributed by atoms with Gasteiger partial charge in [0, 0.05) is 6.42 Å². The number of hydrogen-bond donors (Lipinski definition) is 2. The molecule has 7 heteroatoms. The first kappa shape index (κ1) is 11.2. The Morgan fingerprint density at radius 3 is 2.53 bits per heavy atom. The van der Waals surface area contributed by atoms with E-state index in [1.807, 2.05) is 0 Å². The summed E-state index contributed by atoms with van der Waals surface area (Å²) < 4.78 is 1.24. The third kappa shape index (κ3) is 3.04. The highest BCUT2D eigenvalue weighted by Crippen LogP contribution is 2.06. The Labute approximate surface area is 85.3 Å². The molecule has 1 aromatic rings. The summed E-state index contributed by atoms with van der Waals surface area (Å²) >= 11 is 0. The number of carbonyl (C=O) groups is 2. The van der Waals surface area contributed by atoms with E-state index >= 15 is 0 Å². The highest BCUT2D eigenvalue weighted by molar-refractivity contribution is 5.67. The number of aliphatic carboxylic acids is 2. The van der Waals surface area contributed by atoms with Crippen molar-refractivity contribution in [3.63, 3.8) is 0 Å².